The number of aromatic amines is 1. The van der Waals surface area contributed by atoms with Crippen LogP contribution in [0.4, 0.5) is 5.69 Å². The molecule has 4 rings (SSSR count). The van der Waals surface area contributed by atoms with Crippen molar-refractivity contribution in [2.75, 3.05) is 12.4 Å². The number of rotatable bonds is 5. The number of unbranched alkanes of at least 4 members (excludes halogenated alkanes) is 1. The van der Waals surface area contributed by atoms with Gasteiger partial charge in [0.05, 0.1) is 46.5 Å². The first-order valence-electron chi connectivity index (χ1n) is 9.17. The topological polar surface area (TPSA) is 79.9 Å². The average molecular weight is 362 g/mol. The summed E-state index contributed by atoms with van der Waals surface area (Å²) < 4.78 is 5.34. The number of carbonyl (C=O) groups is 1. The summed E-state index contributed by atoms with van der Waals surface area (Å²) in [7, 11) is 1.61. The third kappa shape index (κ3) is 2.97. The number of anilines is 1. The third-order valence-electron chi connectivity index (χ3n) is 4.89. The molecule has 3 aromatic rings. The molecular formula is C21H22N4O2. The first kappa shape index (κ1) is 17.3. The maximum Gasteiger partial charge on any atom is 0.256 e. The predicted octanol–water partition coefficient (Wildman–Crippen LogP) is 4.11. The second kappa shape index (κ2) is 6.87. The van der Waals surface area contributed by atoms with Crippen LogP contribution < -0.4 is 10.1 Å². The van der Waals surface area contributed by atoms with E-state index in [0.717, 1.165) is 58.6 Å². The molecule has 0 spiro atoms. The second-order valence-electron chi connectivity index (χ2n) is 6.69. The highest BCUT2D eigenvalue weighted by atomic mass is 16.5. The summed E-state index contributed by atoms with van der Waals surface area (Å²) in [6, 6.07) is 5.65. The Labute approximate surface area is 157 Å². The Morgan fingerprint density at radius 1 is 1.22 bits per heavy atom. The highest BCUT2D eigenvalue weighted by Crippen LogP contribution is 2.38. The van der Waals surface area contributed by atoms with Crippen molar-refractivity contribution in [3.05, 3.63) is 47.0 Å². The van der Waals surface area contributed by atoms with Crippen molar-refractivity contribution in [3.63, 3.8) is 0 Å². The number of fused-ring (bicyclic) bond motifs is 3. The highest BCUT2D eigenvalue weighted by Gasteiger charge is 2.28. The number of hydrogen-bond donors (Lipinski definition) is 2. The third-order valence-corrected chi connectivity index (χ3v) is 4.89. The number of hydrogen-bond acceptors (Lipinski definition) is 4. The van der Waals surface area contributed by atoms with Crippen LogP contribution in [0.15, 0.2) is 24.4 Å². The van der Waals surface area contributed by atoms with Crippen LogP contribution in [0.25, 0.3) is 22.7 Å². The van der Waals surface area contributed by atoms with E-state index in [4.69, 9.17) is 14.7 Å². The van der Waals surface area contributed by atoms with Gasteiger partial charge in [0, 0.05) is 11.8 Å². The van der Waals surface area contributed by atoms with Crippen molar-refractivity contribution in [3.8, 4) is 5.75 Å². The van der Waals surface area contributed by atoms with Crippen LogP contribution in [-0.4, -0.2) is 28.0 Å². The highest BCUT2D eigenvalue weighted by molar-refractivity contribution is 6.37. The van der Waals surface area contributed by atoms with Gasteiger partial charge in [-0.15, -0.1) is 0 Å². The van der Waals surface area contributed by atoms with Gasteiger partial charge in [-0.2, -0.15) is 0 Å². The summed E-state index contributed by atoms with van der Waals surface area (Å²) >= 11 is 0. The van der Waals surface area contributed by atoms with Crippen LogP contribution in [0.1, 0.15) is 42.4 Å². The maximum atomic E-state index is 12.6. The van der Waals surface area contributed by atoms with Crippen molar-refractivity contribution >= 4 is 34.3 Å². The largest absolute Gasteiger partial charge is 0.495 e. The van der Waals surface area contributed by atoms with Crippen molar-refractivity contribution < 1.29 is 9.53 Å². The fraction of sp³-hybridized carbons (Fsp3) is 0.286. The van der Waals surface area contributed by atoms with Gasteiger partial charge in [-0.1, -0.05) is 13.3 Å². The molecule has 1 aliphatic heterocycles. The molecule has 0 saturated heterocycles. The van der Waals surface area contributed by atoms with Crippen molar-refractivity contribution in [2.24, 2.45) is 0 Å². The van der Waals surface area contributed by atoms with Crippen molar-refractivity contribution in [1.29, 1.82) is 0 Å². The van der Waals surface area contributed by atoms with E-state index in [9.17, 15) is 4.79 Å². The Balaban J connectivity index is 1.88. The van der Waals surface area contributed by atoms with Gasteiger partial charge >= 0.3 is 0 Å². The van der Waals surface area contributed by atoms with Gasteiger partial charge in [0.1, 0.15) is 5.75 Å². The Bertz CT molecular complexity index is 1070. The van der Waals surface area contributed by atoms with Crippen LogP contribution in [0.3, 0.4) is 0 Å². The molecule has 2 N–H and O–H groups in total. The fourth-order valence-corrected chi connectivity index (χ4v) is 3.44. The number of nitrogens with zero attached hydrogens (tertiary/aromatic N) is 2. The van der Waals surface area contributed by atoms with Gasteiger partial charge in [0.15, 0.2) is 0 Å². The summed E-state index contributed by atoms with van der Waals surface area (Å²) in [4.78, 5) is 25.4. The zero-order valence-electron chi connectivity index (χ0n) is 15.7. The molecule has 0 unspecified atom stereocenters. The van der Waals surface area contributed by atoms with E-state index in [1.807, 2.05) is 25.1 Å². The number of carbonyl (C=O) groups excluding carboxylic acids is 1. The first-order valence-corrected chi connectivity index (χ1v) is 9.17. The lowest BCUT2D eigenvalue weighted by molar-refractivity contribution is -0.110. The number of ether oxygens (including phenoxy) is 1. The van der Waals surface area contributed by atoms with E-state index >= 15 is 0 Å². The lowest BCUT2D eigenvalue weighted by Crippen LogP contribution is -2.03. The molecule has 0 atom stereocenters. The van der Waals surface area contributed by atoms with E-state index in [2.05, 4.69) is 17.2 Å². The molecule has 1 aliphatic rings. The Morgan fingerprint density at radius 3 is 2.85 bits per heavy atom. The molecule has 0 bridgehead atoms. The molecule has 3 heterocycles. The van der Waals surface area contributed by atoms with Gasteiger partial charge in [-0.25, -0.2) is 9.97 Å². The first-order chi connectivity index (χ1) is 13.1. The molecular weight excluding hydrogens is 340 g/mol. The minimum Gasteiger partial charge on any atom is -0.495 e. The number of aromatic nitrogens is 3. The lowest BCUT2D eigenvalue weighted by atomic mass is 10.0. The predicted molar refractivity (Wildman–Crippen MR) is 107 cm³/mol. The molecule has 27 heavy (non-hydrogen) atoms. The van der Waals surface area contributed by atoms with Gasteiger partial charge in [0.25, 0.3) is 5.91 Å². The molecule has 1 aromatic carbocycles. The molecule has 6 heteroatoms. The number of aryl methyl sites for hydroxylation is 2. The van der Waals surface area contributed by atoms with Gasteiger partial charge < -0.3 is 15.0 Å². The monoisotopic (exact) mass is 362 g/mol. The summed E-state index contributed by atoms with van der Waals surface area (Å²) in [5, 5.41) is 2.93. The van der Waals surface area contributed by atoms with Crippen molar-refractivity contribution in [2.45, 2.75) is 33.1 Å². The average Bonchev–Trinajstić information content (AvgIpc) is 3.24. The van der Waals surface area contributed by atoms with E-state index in [1.54, 1.807) is 19.4 Å². The molecule has 1 amide bonds. The standard InChI is InChI=1S/C21H22N4O2/c1-4-5-6-14-12(2)23-20-16(24-14)8-7-15-19(20)13(21(26)25-15)11-17-18(27-3)9-10-22-17/h7-11,22H,4-6H2,1-3H3,(H,25,26). The van der Waals surface area contributed by atoms with Gasteiger partial charge in [-0.3, -0.25) is 4.79 Å². The van der Waals surface area contributed by atoms with Crippen LogP contribution in [-0.2, 0) is 11.2 Å². The summed E-state index contributed by atoms with van der Waals surface area (Å²) in [5.41, 5.74) is 6.37. The normalized spacial score (nSPS) is 14.6. The lowest BCUT2D eigenvalue weighted by Gasteiger charge is -2.09. The zero-order valence-corrected chi connectivity index (χ0v) is 15.7. The summed E-state index contributed by atoms with van der Waals surface area (Å²) in [6.45, 7) is 4.15. The number of methoxy groups -OCH3 is 1. The van der Waals surface area contributed by atoms with E-state index in [-0.39, 0.29) is 5.91 Å². The number of amides is 1. The zero-order chi connectivity index (χ0) is 19.0. The Hall–Kier alpha value is -3.15. The smallest absolute Gasteiger partial charge is 0.256 e. The Kier molecular flexibility index (Phi) is 4.39. The molecule has 0 aliphatic carbocycles. The van der Waals surface area contributed by atoms with Crippen LogP contribution in [0.5, 0.6) is 5.75 Å². The number of benzene rings is 1. The van der Waals surface area contributed by atoms with Gasteiger partial charge in [0.2, 0.25) is 0 Å². The SMILES string of the molecule is CCCCc1nc2ccc3c(c2nc1C)C(=Cc1[nH]ccc1OC)C(=O)N3. The summed E-state index contributed by atoms with van der Waals surface area (Å²) in [6.07, 6.45) is 6.71. The van der Waals surface area contributed by atoms with E-state index in [0.29, 0.717) is 11.3 Å². The van der Waals surface area contributed by atoms with Crippen LogP contribution in [0.2, 0.25) is 0 Å². The van der Waals surface area contributed by atoms with Crippen LogP contribution >= 0.6 is 0 Å². The molecule has 138 valence electrons. The summed E-state index contributed by atoms with van der Waals surface area (Å²) in [5.74, 6) is 0.539. The molecule has 0 saturated carbocycles. The minimum atomic E-state index is -0.149. The van der Waals surface area contributed by atoms with E-state index in [1.165, 1.54) is 0 Å². The van der Waals surface area contributed by atoms with Gasteiger partial charge in [-0.05, 0) is 44.0 Å². The number of H-pyrrole nitrogens is 1. The fourth-order valence-electron chi connectivity index (χ4n) is 3.44. The quantitative estimate of drug-likeness (QED) is 0.670. The molecule has 2 aromatic heterocycles. The van der Waals surface area contributed by atoms with Crippen molar-refractivity contribution in [1.82, 2.24) is 15.0 Å². The van der Waals surface area contributed by atoms with E-state index < -0.39 is 0 Å². The number of nitrogens with one attached hydrogen (secondary N) is 2. The molecule has 6 nitrogen and oxygen atoms in total. The van der Waals surface area contributed by atoms with Crippen LogP contribution in [0, 0.1) is 6.92 Å². The second-order valence-corrected chi connectivity index (χ2v) is 6.69. The minimum absolute atomic E-state index is 0.149. The maximum absolute atomic E-state index is 12.6. The molecule has 0 radical (unpaired) electrons. The molecule has 0 fully saturated rings. The Morgan fingerprint density at radius 2 is 2.07 bits per heavy atom.